The maximum absolute atomic E-state index is 12.7. The largest absolute Gasteiger partial charge is 0.354 e. The van der Waals surface area contributed by atoms with Gasteiger partial charge >= 0.3 is 0 Å². The molecule has 3 rings (SSSR count). The number of carbonyl (C=O) groups is 1. The average Bonchev–Trinajstić information content (AvgIpc) is 3.14. The predicted molar refractivity (Wildman–Crippen MR) is 100.0 cm³/mol. The lowest BCUT2D eigenvalue weighted by molar-refractivity contribution is -0.125. The molecule has 1 atom stereocenters. The molecule has 25 heavy (non-hydrogen) atoms. The predicted octanol–water partition coefficient (Wildman–Crippen LogP) is 2.18. The second-order valence-corrected chi connectivity index (χ2v) is 9.30. The molecule has 1 N–H and O–H groups in total. The van der Waals surface area contributed by atoms with Crippen molar-refractivity contribution in [1.29, 1.82) is 0 Å². The lowest BCUT2D eigenvalue weighted by atomic mass is 9.95. The molecule has 1 aromatic heterocycles. The Kier molecular flexibility index (Phi) is 5.56. The molecule has 2 heterocycles. The number of hydrogen-bond acceptors (Lipinski definition) is 4. The minimum atomic E-state index is -3.45. The lowest BCUT2D eigenvalue weighted by Crippen LogP contribution is -2.53. The van der Waals surface area contributed by atoms with Crippen molar-refractivity contribution >= 4 is 27.3 Å². The molecule has 0 saturated heterocycles. The zero-order valence-corrected chi connectivity index (χ0v) is 15.8. The summed E-state index contributed by atoms with van der Waals surface area (Å²) in [5.74, 6) is -0.225. The Morgan fingerprint density at radius 3 is 2.68 bits per heavy atom. The van der Waals surface area contributed by atoms with Crippen LogP contribution in [0.15, 0.2) is 41.8 Å². The molecule has 134 valence electrons. The van der Waals surface area contributed by atoms with Gasteiger partial charge < -0.3 is 5.32 Å². The molecule has 1 aromatic carbocycles. The fourth-order valence-electron chi connectivity index (χ4n) is 3.06. The van der Waals surface area contributed by atoms with Crippen molar-refractivity contribution in [1.82, 2.24) is 9.62 Å². The van der Waals surface area contributed by atoms with Crippen molar-refractivity contribution < 1.29 is 13.2 Å². The minimum Gasteiger partial charge on any atom is -0.354 e. The highest BCUT2D eigenvalue weighted by molar-refractivity contribution is 7.89. The van der Waals surface area contributed by atoms with Crippen LogP contribution < -0.4 is 5.32 Å². The summed E-state index contributed by atoms with van der Waals surface area (Å²) in [6.07, 6.45) is 1.17. The van der Waals surface area contributed by atoms with E-state index in [-0.39, 0.29) is 18.2 Å². The van der Waals surface area contributed by atoms with Crippen LogP contribution in [-0.2, 0) is 34.2 Å². The number of carbonyl (C=O) groups excluding carboxylic acids is 1. The summed E-state index contributed by atoms with van der Waals surface area (Å²) in [6, 6.07) is 11.1. The highest BCUT2D eigenvalue weighted by atomic mass is 32.2. The average molecular weight is 379 g/mol. The molecule has 5 nitrogen and oxygen atoms in total. The summed E-state index contributed by atoms with van der Waals surface area (Å²) < 4.78 is 26.3. The zero-order valence-electron chi connectivity index (χ0n) is 14.1. The second kappa shape index (κ2) is 7.68. The highest BCUT2D eigenvalue weighted by Crippen LogP contribution is 2.26. The summed E-state index contributed by atoms with van der Waals surface area (Å²) in [7, 11) is -3.45. The maximum atomic E-state index is 12.7. The van der Waals surface area contributed by atoms with Crippen LogP contribution in [0.2, 0.25) is 0 Å². The van der Waals surface area contributed by atoms with E-state index in [9.17, 15) is 13.2 Å². The normalized spacial score (nSPS) is 17.9. The van der Waals surface area contributed by atoms with Crippen LogP contribution in [-0.4, -0.2) is 37.0 Å². The van der Waals surface area contributed by atoms with E-state index < -0.39 is 16.1 Å². The quantitative estimate of drug-likeness (QED) is 0.838. The first-order valence-electron chi connectivity index (χ1n) is 8.37. The number of rotatable bonds is 6. The molecule has 0 fully saturated rings. The van der Waals surface area contributed by atoms with Gasteiger partial charge in [-0.3, -0.25) is 4.79 Å². The Bertz CT molecular complexity index is 832. The summed E-state index contributed by atoms with van der Waals surface area (Å²) in [5.41, 5.74) is 2.02. The van der Waals surface area contributed by atoms with E-state index in [1.807, 2.05) is 41.8 Å². The van der Waals surface area contributed by atoms with Crippen LogP contribution in [0.4, 0.5) is 0 Å². The Balaban J connectivity index is 1.75. The third-order valence-corrected chi connectivity index (χ3v) is 7.24. The molecule has 0 saturated carbocycles. The Hall–Kier alpha value is -1.70. The van der Waals surface area contributed by atoms with Crippen molar-refractivity contribution in [2.45, 2.75) is 32.4 Å². The molecule has 1 amide bonds. The van der Waals surface area contributed by atoms with Gasteiger partial charge in [-0.25, -0.2) is 8.42 Å². The Morgan fingerprint density at radius 2 is 2.00 bits per heavy atom. The SMILES string of the molecule is CCS(=O)(=O)N1Cc2ccccc2CC1C(=O)NCCc1cccs1. The van der Waals surface area contributed by atoms with Gasteiger partial charge in [-0.2, -0.15) is 4.31 Å². The van der Waals surface area contributed by atoms with Crippen molar-refractivity contribution in [2.75, 3.05) is 12.3 Å². The Morgan fingerprint density at radius 1 is 1.24 bits per heavy atom. The Labute approximate surface area is 152 Å². The number of hydrogen-bond donors (Lipinski definition) is 1. The van der Waals surface area contributed by atoms with Gasteiger partial charge in [0.25, 0.3) is 0 Å². The number of amides is 1. The minimum absolute atomic E-state index is 0.00581. The van der Waals surface area contributed by atoms with Gasteiger partial charge in [0.15, 0.2) is 0 Å². The molecular weight excluding hydrogens is 356 g/mol. The molecule has 0 radical (unpaired) electrons. The zero-order chi connectivity index (χ0) is 17.9. The monoisotopic (exact) mass is 378 g/mol. The van der Waals surface area contributed by atoms with Crippen molar-refractivity contribution in [3.63, 3.8) is 0 Å². The summed E-state index contributed by atoms with van der Waals surface area (Å²) in [6.45, 7) is 2.38. The molecule has 0 spiro atoms. The van der Waals surface area contributed by atoms with Gasteiger partial charge in [0, 0.05) is 18.0 Å². The van der Waals surface area contributed by atoms with Crippen LogP contribution in [0.5, 0.6) is 0 Å². The summed E-state index contributed by atoms with van der Waals surface area (Å²) >= 11 is 1.65. The third kappa shape index (κ3) is 4.11. The molecule has 1 aliphatic rings. The highest BCUT2D eigenvalue weighted by Gasteiger charge is 2.37. The number of benzene rings is 1. The van der Waals surface area contributed by atoms with Crippen LogP contribution in [0.3, 0.4) is 0 Å². The van der Waals surface area contributed by atoms with E-state index in [0.717, 1.165) is 17.5 Å². The van der Waals surface area contributed by atoms with Crippen LogP contribution >= 0.6 is 11.3 Å². The van der Waals surface area contributed by atoms with Gasteiger partial charge in [-0.05, 0) is 42.3 Å². The smallest absolute Gasteiger partial charge is 0.238 e. The topological polar surface area (TPSA) is 66.5 Å². The van der Waals surface area contributed by atoms with Gasteiger partial charge in [0.2, 0.25) is 15.9 Å². The van der Waals surface area contributed by atoms with Crippen molar-refractivity contribution in [3.8, 4) is 0 Å². The molecular formula is C18H22N2O3S2. The van der Waals surface area contributed by atoms with Crippen LogP contribution in [0.1, 0.15) is 22.9 Å². The number of sulfonamides is 1. The fraction of sp³-hybridized carbons (Fsp3) is 0.389. The molecule has 1 unspecified atom stereocenters. The first-order valence-corrected chi connectivity index (χ1v) is 10.9. The van der Waals surface area contributed by atoms with Crippen LogP contribution in [0, 0.1) is 0 Å². The number of nitrogens with one attached hydrogen (secondary N) is 1. The lowest BCUT2D eigenvalue weighted by Gasteiger charge is -2.34. The first kappa shape index (κ1) is 18.1. The molecule has 7 heteroatoms. The van der Waals surface area contributed by atoms with Crippen molar-refractivity contribution in [2.24, 2.45) is 0 Å². The maximum Gasteiger partial charge on any atom is 0.238 e. The fourth-order valence-corrected chi connectivity index (χ4v) is 5.00. The standard InChI is InChI=1S/C18H22N2O3S2/c1-2-25(22,23)20-13-15-7-4-3-6-14(15)12-17(20)18(21)19-10-9-16-8-5-11-24-16/h3-8,11,17H,2,9-10,12-13H2,1H3,(H,19,21). The van der Waals surface area contributed by atoms with E-state index in [2.05, 4.69) is 5.32 Å². The van der Waals surface area contributed by atoms with E-state index in [1.165, 1.54) is 9.18 Å². The molecule has 0 bridgehead atoms. The molecule has 2 aromatic rings. The van der Waals surface area contributed by atoms with E-state index in [1.54, 1.807) is 18.3 Å². The summed E-state index contributed by atoms with van der Waals surface area (Å²) in [5, 5.41) is 4.91. The summed E-state index contributed by atoms with van der Waals surface area (Å²) in [4.78, 5) is 13.9. The first-order chi connectivity index (χ1) is 12.0. The second-order valence-electron chi connectivity index (χ2n) is 6.05. The van der Waals surface area contributed by atoms with Gasteiger partial charge in [0.1, 0.15) is 6.04 Å². The van der Waals surface area contributed by atoms with Crippen LogP contribution in [0.25, 0.3) is 0 Å². The van der Waals surface area contributed by atoms with E-state index in [4.69, 9.17) is 0 Å². The molecule has 0 aliphatic carbocycles. The number of nitrogens with zero attached hydrogens (tertiary/aromatic N) is 1. The van der Waals surface area contributed by atoms with E-state index >= 15 is 0 Å². The third-order valence-electron chi connectivity index (χ3n) is 4.48. The van der Waals surface area contributed by atoms with Gasteiger partial charge in [-0.15, -0.1) is 11.3 Å². The van der Waals surface area contributed by atoms with E-state index in [0.29, 0.717) is 13.0 Å². The number of thiophene rings is 1. The number of fused-ring (bicyclic) bond motifs is 1. The van der Waals surface area contributed by atoms with Gasteiger partial charge in [0.05, 0.1) is 5.75 Å². The molecule has 1 aliphatic heterocycles. The van der Waals surface area contributed by atoms with Gasteiger partial charge in [-0.1, -0.05) is 30.3 Å². The van der Waals surface area contributed by atoms with Crippen molar-refractivity contribution in [3.05, 3.63) is 57.8 Å².